The van der Waals surface area contributed by atoms with Crippen LogP contribution in [0.3, 0.4) is 0 Å². The number of nitrogens with one attached hydrogen (secondary N) is 1. The summed E-state index contributed by atoms with van der Waals surface area (Å²) in [5.41, 5.74) is 0. The number of hydrogen-bond donors (Lipinski definition) is 2. The zero-order chi connectivity index (χ0) is 15.1. The molecule has 1 fully saturated rings. The first-order valence-corrected chi connectivity index (χ1v) is 7.41. The van der Waals surface area contributed by atoms with Gasteiger partial charge in [-0.25, -0.2) is 4.79 Å². The maximum Gasteiger partial charge on any atom is 0.317 e. The molecule has 2 N–H and O–H groups in total. The summed E-state index contributed by atoms with van der Waals surface area (Å²) < 4.78 is 0. The molecule has 0 aromatic rings. The van der Waals surface area contributed by atoms with Gasteiger partial charge >= 0.3 is 12.0 Å². The minimum absolute atomic E-state index is 0.145. The standard InChI is InChI=1S/C14H27N3O3/c1-4-11(2)16(3)9-7-15-14(20)17-8-5-6-12(10-17)13(18)19/h11-12H,4-10H2,1-3H3,(H,15,20)(H,18,19)/t11?,12-/m1/s1. The number of carboxylic acids is 1. The van der Waals surface area contributed by atoms with Gasteiger partial charge in [-0.1, -0.05) is 6.92 Å². The van der Waals surface area contributed by atoms with Gasteiger partial charge in [0, 0.05) is 32.2 Å². The number of carbonyl (C=O) groups is 2. The molecule has 0 radical (unpaired) electrons. The predicted octanol–water partition coefficient (Wildman–Crippen LogP) is 1.22. The predicted molar refractivity (Wildman–Crippen MR) is 77.7 cm³/mol. The van der Waals surface area contributed by atoms with Crippen molar-refractivity contribution < 1.29 is 14.7 Å². The Labute approximate surface area is 121 Å². The number of hydrogen-bond acceptors (Lipinski definition) is 3. The van der Waals surface area contributed by atoms with Crippen LogP contribution in [0.15, 0.2) is 0 Å². The summed E-state index contributed by atoms with van der Waals surface area (Å²) in [5.74, 6) is -1.23. The van der Waals surface area contributed by atoms with Crippen LogP contribution in [0.4, 0.5) is 4.79 Å². The molecule has 0 spiro atoms. The average molecular weight is 285 g/mol. The molecule has 6 nitrogen and oxygen atoms in total. The maximum absolute atomic E-state index is 12.0. The highest BCUT2D eigenvalue weighted by Crippen LogP contribution is 2.16. The highest BCUT2D eigenvalue weighted by Gasteiger charge is 2.27. The van der Waals surface area contributed by atoms with Gasteiger partial charge in [-0.15, -0.1) is 0 Å². The Morgan fingerprint density at radius 3 is 2.80 bits per heavy atom. The lowest BCUT2D eigenvalue weighted by Gasteiger charge is -2.31. The fourth-order valence-corrected chi connectivity index (χ4v) is 2.35. The molecule has 1 saturated heterocycles. The van der Waals surface area contributed by atoms with Gasteiger partial charge < -0.3 is 20.2 Å². The van der Waals surface area contributed by atoms with Crippen LogP contribution in [0, 0.1) is 5.92 Å². The highest BCUT2D eigenvalue weighted by atomic mass is 16.4. The van der Waals surface area contributed by atoms with Gasteiger partial charge in [-0.2, -0.15) is 0 Å². The molecule has 116 valence electrons. The quantitative estimate of drug-likeness (QED) is 0.769. The Balaban J connectivity index is 2.30. The summed E-state index contributed by atoms with van der Waals surface area (Å²) in [5, 5.41) is 11.9. The van der Waals surface area contributed by atoms with Crippen molar-refractivity contribution in [3.8, 4) is 0 Å². The Bertz CT molecular complexity index is 336. The van der Waals surface area contributed by atoms with Crippen LogP contribution in [0.1, 0.15) is 33.1 Å². The van der Waals surface area contributed by atoms with E-state index in [0.717, 1.165) is 19.4 Å². The van der Waals surface area contributed by atoms with Crippen molar-refractivity contribution in [3.05, 3.63) is 0 Å². The van der Waals surface area contributed by atoms with Crippen LogP contribution in [-0.2, 0) is 4.79 Å². The molecule has 1 aliphatic rings. The van der Waals surface area contributed by atoms with Gasteiger partial charge in [-0.05, 0) is 33.2 Å². The first-order chi connectivity index (χ1) is 9.45. The lowest BCUT2D eigenvalue weighted by Crippen LogP contribution is -2.48. The lowest BCUT2D eigenvalue weighted by atomic mass is 9.99. The smallest absolute Gasteiger partial charge is 0.317 e. The molecule has 2 atom stereocenters. The van der Waals surface area contributed by atoms with E-state index in [1.807, 2.05) is 7.05 Å². The number of piperidine rings is 1. The van der Waals surface area contributed by atoms with Crippen LogP contribution in [0.5, 0.6) is 0 Å². The van der Waals surface area contributed by atoms with Crippen molar-refractivity contribution in [3.63, 3.8) is 0 Å². The van der Waals surface area contributed by atoms with Crippen LogP contribution >= 0.6 is 0 Å². The Hall–Kier alpha value is -1.30. The molecule has 0 aliphatic carbocycles. The first-order valence-electron chi connectivity index (χ1n) is 7.41. The fourth-order valence-electron chi connectivity index (χ4n) is 2.35. The Morgan fingerprint density at radius 2 is 2.20 bits per heavy atom. The topological polar surface area (TPSA) is 72.9 Å². The number of nitrogens with zero attached hydrogens (tertiary/aromatic N) is 2. The molecule has 0 bridgehead atoms. The van der Waals surface area contributed by atoms with Crippen molar-refractivity contribution in [1.82, 2.24) is 15.1 Å². The van der Waals surface area contributed by atoms with Crippen LogP contribution in [0.25, 0.3) is 0 Å². The molecule has 6 heteroatoms. The summed E-state index contributed by atoms with van der Waals surface area (Å²) in [6, 6.07) is 0.354. The zero-order valence-electron chi connectivity index (χ0n) is 12.8. The summed E-state index contributed by atoms with van der Waals surface area (Å²) in [7, 11) is 2.04. The number of carboxylic acid groups (broad SMARTS) is 1. The second-order valence-corrected chi connectivity index (χ2v) is 5.59. The molecular weight excluding hydrogens is 258 g/mol. The molecule has 0 saturated carbocycles. The number of urea groups is 1. The van der Waals surface area contributed by atoms with Gasteiger partial charge in [0.2, 0.25) is 0 Å². The van der Waals surface area contributed by atoms with E-state index in [1.165, 1.54) is 0 Å². The SMILES string of the molecule is CCC(C)N(C)CCNC(=O)N1CCC[C@@H](C(=O)O)C1. The highest BCUT2D eigenvalue weighted by molar-refractivity contribution is 5.76. The van der Waals surface area contributed by atoms with E-state index in [-0.39, 0.29) is 6.03 Å². The normalized spacial score (nSPS) is 20.8. The monoisotopic (exact) mass is 285 g/mol. The molecule has 0 aromatic heterocycles. The third-order valence-electron chi connectivity index (χ3n) is 4.14. The molecular formula is C14H27N3O3. The molecule has 2 amide bonds. The summed E-state index contributed by atoms with van der Waals surface area (Å²) in [6.45, 7) is 6.66. The van der Waals surface area contributed by atoms with Gasteiger partial charge in [0.25, 0.3) is 0 Å². The van der Waals surface area contributed by atoms with E-state index in [9.17, 15) is 9.59 Å². The van der Waals surface area contributed by atoms with Crippen LogP contribution in [0.2, 0.25) is 0 Å². The Morgan fingerprint density at radius 1 is 1.50 bits per heavy atom. The molecule has 20 heavy (non-hydrogen) atoms. The minimum Gasteiger partial charge on any atom is -0.481 e. The van der Waals surface area contributed by atoms with E-state index in [2.05, 4.69) is 24.1 Å². The summed E-state index contributed by atoms with van der Waals surface area (Å²) in [6.07, 6.45) is 2.50. The Kier molecular flexibility index (Phi) is 6.78. The van der Waals surface area contributed by atoms with Crippen LogP contribution in [-0.4, -0.2) is 66.2 Å². The molecule has 1 unspecified atom stereocenters. The second-order valence-electron chi connectivity index (χ2n) is 5.59. The van der Waals surface area contributed by atoms with Crippen molar-refractivity contribution >= 4 is 12.0 Å². The maximum atomic E-state index is 12.0. The van der Waals surface area contributed by atoms with E-state index >= 15 is 0 Å². The van der Waals surface area contributed by atoms with Crippen molar-refractivity contribution in [1.29, 1.82) is 0 Å². The van der Waals surface area contributed by atoms with E-state index in [4.69, 9.17) is 5.11 Å². The molecule has 0 aromatic carbocycles. The largest absolute Gasteiger partial charge is 0.481 e. The minimum atomic E-state index is -0.806. The number of carbonyl (C=O) groups excluding carboxylic acids is 1. The third-order valence-corrected chi connectivity index (χ3v) is 4.14. The fraction of sp³-hybridized carbons (Fsp3) is 0.857. The zero-order valence-corrected chi connectivity index (χ0v) is 12.8. The second kappa shape index (κ2) is 8.09. The van der Waals surface area contributed by atoms with Crippen molar-refractivity contribution in [2.45, 2.75) is 39.2 Å². The molecule has 1 heterocycles. The third kappa shape index (κ3) is 5.00. The number of likely N-dealkylation sites (tertiary alicyclic amines) is 1. The molecule has 1 aliphatic heterocycles. The number of likely N-dealkylation sites (N-methyl/N-ethyl adjacent to an activating group) is 1. The van der Waals surface area contributed by atoms with E-state index in [1.54, 1.807) is 4.90 Å². The first kappa shape index (κ1) is 16.8. The summed E-state index contributed by atoms with van der Waals surface area (Å²) in [4.78, 5) is 26.8. The summed E-state index contributed by atoms with van der Waals surface area (Å²) >= 11 is 0. The van der Waals surface area contributed by atoms with Gasteiger partial charge in [0.1, 0.15) is 0 Å². The van der Waals surface area contributed by atoms with Crippen molar-refractivity contribution in [2.24, 2.45) is 5.92 Å². The van der Waals surface area contributed by atoms with Gasteiger partial charge in [-0.3, -0.25) is 4.79 Å². The van der Waals surface area contributed by atoms with Gasteiger partial charge in [0.05, 0.1) is 5.92 Å². The average Bonchev–Trinajstić information content (AvgIpc) is 2.46. The van der Waals surface area contributed by atoms with E-state index in [0.29, 0.717) is 32.1 Å². The molecule has 1 rings (SSSR count). The van der Waals surface area contributed by atoms with Gasteiger partial charge in [0.15, 0.2) is 0 Å². The lowest BCUT2D eigenvalue weighted by molar-refractivity contribution is -0.143. The van der Waals surface area contributed by atoms with E-state index < -0.39 is 11.9 Å². The van der Waals surface area contributed by atoms with Crippen molar-refractivity contribution in [2.75, 3.05) is 33.2 Å². The number of rotatable bonds is 6. The number of amides is 2. The number of aliphatic carboxylic acids is 1. The van der Waals surface area contributed by atoms with Crippen LogP contribution < -0.4 is 5.32 Å².